The Morgan fingerprint density at radius 3 is 2.39 bits per heavy atom. The molecule has 0 radical (unpaired) electrons. The van der Waals surface area contributed by atoms with Crippen LogP contribution in [0.15, 0.2) is 54.6 Å². The smallest absolute Gasteiger partial charge is 0.227 e. The molecule has 6 heteroatoms. The lowest BCUT2D eigenvalue weighted by molar-refractivity contribution is -0.135. The van der Waals surface area contributed by atoms with E-state index < -0.39 is 0 Å². The maximum Gasteiger partial charge on any atom is 0.227 e. The summed E-state index contributed by atoms with van der Waals surface area (Å²) in [6, 6.07) is 17.6. The minimum Gasteiger partial charge on any atom is -0.352 e. The van der Waals surface area contributed by atoms with Gasteiger partial charge in [0.15, 0.2) is 0 Å². The lowest BCUT2D eigenvalue weighted by Gasteiger charge is -2.31. The zero-order valence-corrected chi connectivity index (χ0v) is 19.7. The number of hydrogen-bond acceptors (Lipinski definition) is 3. The number of rotatable bonds is 9. The van der Waals surface area contributed by atoms with Crippen molar-refractivity contribution in [1.82, 2.24) is 10.2 Å². The van der Waals surface area contributed by atoms with Crippen LogP contribution in [0.4, 0.5) is 5.69 Å². The van der Waals surface area contributed by atoms with Gasteiger partial charge >= 0.3 is 0 Å². The van der Waals surface area contributed by atoms with E-state index in [1.807, 2.05) is 73.3 Å². The summed E-state index contributed by atoms with van der Waals surface area (Å²) in [5.41, 5.74) is 2.86. The van der Waals surface area contributed by atoms with Crippen molar-refractivity contribution in [3.63, 3.8) is 0 Å². The molecule has 1 aliphatic heterocycles. The normalized spacial score (nSPS) is 15.0. The first kappa shape index (κ1) is 24.5. The Hall–Kier alpha value is -3.15. The predicted octanol–water partition coefficient (Wildman–Crippen LogP) is 4.16. The van der Waals surface area contributed by atoms with Crippen LogP contribution in [0.25, 0.3) is 0 Å². The van der Waals surface area contributed by atoms with Crippen LogP contribution in [0, 0.1) is 11.8 Å². The van der Waals surface area contributed by atoms with Crippen LogP contribution in [-0.4, -0.2) is 35.7 Å². The Labute approximate surface area is 196 Å². The molecule has 0 bridgehead atoms. The van der Waals surface area contributed by atoms with Crippen molar-refractivity contribution < 1.29 is 14.4 Å². The van der Waals surface area contributed by atoms with Gasteiger partial charge in [0.05, 0.1) is 0 Å². The molecular weight excluding hydrogens is 414 g/mol. The van der Waals surface area contributed by atoms with Crippen LogP contribution >= 0.6 is 0 Å². The van der Waals surface area contributed by atoms with E-state index in [0.29, 0.717) is 38.9 Å². The fraction of sp³-hybridized carbons (Fsp3) is 0.444. The molecule has 1 saturated heterocycles. The van der Waals surface area contributed by atoms with Crippen LogP contribution in [0.1, 0.15) is 50.7 Å². The van der Waals surface area contributed by atoms with E-state index in [4.69, 9.17) is 0 Å². The minimum atomic E-state index is -0.0727. The van der Waals surface area contributed by atoms with Gasteiger partial charge < -0.3 is 15.5 Å². The van der Waals surface area contributed by atoms with Crippen LogP contribution < -0.4 is 10.6 Å². The molecule has 0 saturated carbocycles. The highest BCUT2D eigenvalue weighted by molar-refractivity contribution is 5.92. The van der Waals surface area contributed by atoms with Crippen LogP contribution in [0.2, 0.25) is 0 Å². The lowest BCUT2D eigenvalue weighted by atomic mass is 9.95. The summed E-state index contributed by atoms with van der Waals surface area (Å²) < 4.78 is 0. The Bertz CT molecular complexity index is 937. The number of likely N-dealkylation sites (tertiary alicyclic amines) is 1. The average Bonchev–Trinajstić information content (AvgIpc) is 2.86. The average molecular weight is 450 g/mol. The van der Waals surface area contributed by atoms with Crippen molar-refractivity contribution in [3.05, 3.63) is 65.7 Å². The third kappa shape index (κ3) is 7.45. The van der Waals surface area contributed by atoms with E-state index in [1.54, 1.807) is 0 Å². The Balaban J connectivity index is 1.41. The standard InChI is InChI=1S/C27H35N3O3/c1-3-20(2)26(32)29-24-11-7-10-22(18-24)19-28-27(33)23-14-16-30(17-15-23)25(31)13-12-21-8-5-4-6-9-21/h4-11,18,20,23H,3,12-17,19H2,1-2H3,(H,28,33)(H,29,32). The molecule has 33 heavy (non-hydrogen) atoms. The molecular formula is C27H35N3O3. The molecule has 1 fully saturated rings. The summed E-state index contributed by atoms with van der Waals surface area (Å²) in [5.74, 6) is 0.0825. The van der Waals surface area contributed by atoms with Crippen LogP contribution in [-0.2, 0) is 27.3 Å². The van der Waals surface area contributed by atoms with Gasteiger partial charge in [0.1, 0.15) is 0 Å². The van der Waals surface area contributed by atoms with Gasteiger partial charge in [0.2, 0.25) is 17.7 Å². The first-order valence-electron chi connectivity index (χ1n) is 12.0. The molecule has 1 aliphatic rings. The zero-order chi connectivity index (χ0) is 23.6. The topological polar surface area (TPSA) is 78.5 Å². The molecule has 2 N–H and O–H groups in total. The number of hydrogen-bond donors (Lipinski definition) is 2. The highest BCUT2D eigenvalue weighted by Crippen LogP contribution is 2.19. The Morgan fingerprint density at radius 1 is 1.00 bits per heavy atom. The molecule has 176 valence electrons. The molecule has 1 atom stereocenters. The fourth-order valence-corrected chi connectivity index (χ4v) is 3.99. The van der Waals surface area contributed by atoms with Crippen molar-refractivity contribution in [2.24, 2.45) is 11.8 Å². The first-order chi connectivity index (χ1) is 16.0. The van der Waals surface area contributed by atoms with Crippen molar-refractivity contribution >= 4 is 23.4 Å². The third-order valence-corrected chi connectivity index (χ3v) is 6.41. The zero-order valence-electron chi connectivity index (χ0n) is 19.7. The van der Waals surface area contributed by atoms with Gasteiger partial charge in [-0.1, -0.05) is 56.3 Å². The maximum atomic E-state index is 12.7. The number of nitrogens with one attached hydrogen (secondary N) is 2. The second-order valence-electron chi connectivity index (χ2n) is 8.86. The number of carbonyl (C=O) groups is 3. The second kappa shape index (κ2) is 12.2. The van der Waals surface area contributed by atoms with Crippen molar-refractivity contribution in [2.45, 2.75) is 52.5 Å². The summed E-state index contributed by atoms with van der Waals surface area (Å²) in [6.07, 6.45) is 3.42. The number of benzene rings is 2. The van der Waals surface area contributed by atoms with Crippen molar-refractivity contribution in [2.75, 3.05) is 18.4 Å². The lowest BCUT2D eigenvalue weighted by Crippen LogP contribution is -2.43. The van der Waals surface area contributed by atoms with E-state index in [0.717, 1.165) is 24.1 Å². The summed E-state index contributed by atoms with van der Waals surface area (Å²) in [4.78, 5) is 39.2. The molecule has 0 spiro atoms. The second-order valence-corrected chi connectivity index (χ2v) is 8.86. The quantitative estimate of drug-likeness (QED) is 0.603. The summed E-state index contributed by atoms with van der Waals surface area (Å²) >= 11 is 0. The van der Waals surface area contributed by atoms with E-state index in [-0.39, 0.29) is 29.6 Å². The van der Waals surface area contributed by atoms with Gasteiger partial charge in [0, 0.05) is 43.6 Å². The largest absolute Gasteiger partial charge is 0.352 e. The monoisotopic (exact) mass is 449 g/mol. The summed E-state index contributed by atoms with van der Waals surface area (Å²) in [5, 5.41) is 5.95. The first-order valence-corrected chi connectivity index (χ1v) is 12.0. The van der Waals surface area contributed by atoms with Crippen LogP contribution in [0.5, 0.6) is 0 Å². The summed E-state index contributed by atoms with van der Waals surface area (Å²) in [6.45, 7) is 5.57. The Kier molecular flexibility index (Phi) is 9.04. The molecule has 1 heterocycles. The number of nitrogens with zero attached hydrogens (tertiary/aromatic N) is 1. The molecule has 2 aromatic rings. The van der Waals surface area contributed by atoms with Gasteiger partial charge in [-0.25, -0.2) is 0 Å². The van der Waals surface area contributed by atoms with Gasteiger partial charge in [-0.2, -0.15) is 0 Å². The molecule has 1 unspecified atom stereocenters. The van der Waals surface area contributed by atoms with Gasteiger partial charge in [0.25, 0.3) is 0 Å². The molecule has 3 amide bonds. The van der Waals surface area contributed by atoms with E-state index in [2.05, 4.69) is 10.6 Å². The van der Waals surface area contributed by atoms with Crippen LogP contribution in [0.3, 0.4) is 0 Å². The molecule has 2 aromatic carbocycles. The molecule has 0 aromatic heterocycles. The third-order valence-electron chi connectivity index (χ3n) is 6.41. The maximum absolute atomic E-state index is 12.7. The number of piperidine rings is 1. The van der Waals surface area contributed by atoms with Gasteiger partial charge in [-0.3, -0.25) is 14.4 Å². The number of aryl methyl sites for hydroxylation is 1. The number of anilines is 1. The fourth-order valence-electron chi connectivity index (χ4n) is 3.99. The molecule has 6 nitrogen and oxygen atoms in total. The SMILES string of the molecule is CCC(C)C(=O)Nc1cccc(CNC(=O)C2CCN(C(=O)CCc3ccccc3)CC2)c1. The van der Waals surface area contributed by atoms with Gasteiger partial charge in [-0.05, 0) is 48.9 Å². The minimum absolute atomic E-state index is 0.00348. The Morgan fingerprint density at radius 2 is 1.70 bits per heavy atom. The molecule has 3 rings (SSSR count). The number of carbonyl (C=O) groups excluding carboxylic acids is 3. The highest BCUT2D eigenvalue weighted by Gasteiger charge is 2.27. The van der Waals surface area contributed by atoms with E-state index in [1.165, 1.54) is 5.56 Å². The highest BCUT2D eigenvalue weighted by atomic mass is 16.2. The van der Waals surface area contributed by atoms with Crippen molar-refractivity contribution in [1.29, 1.82) is 0 Å². The molecule has 0 aliphatic carbocycles. The van der Waals surface area contributed by atoms with E-state index in [9.17, 15) is 14.4 Å². The summed E-state index contributed by atoms with van der Waals surface area (Å²) in [7, 11) is 0. The van der Waals surface area contributed by atoms with E-state index >= 15 is 0 Å². The van der Waals surface area contributed by atoms with Crippen molar-refractivity contribution in [3.8, 4) is 0 Å². The number of amides is 3. The van der Waals surface area contributed by atoms with Gasteiger partial charge in [-0.15, -0.1) is 0 Å². The predicted molar refractivity (Wildman–Crippen MR) is 130 cm³/mol.